The molecule has 0 aliphatic carbocycles. The van der Waals surface area contributed by atoms with Crippen LogP contribution in [-0.4, -0.2) is 7.11 Å². The Balaban J connectivity index is 3.22. The molecule has 1 aromatic rings. The Hall–Kier alpha value is -1.33. The van der Waals surface area contributed by atoms with Crippen LogP contribution in [0.15, 0.2) is 24.3 Å². The normalized spacial score (nSPS) is 10.9. The molecule has 0 aromatic heterocycles. The van der Waals surface area contributed by atoms with Crippen LogP contribution in [0, 0.1) is 11.3 Å². The fourth-order valence-electron chi connectivity index (χ4n) is 1.22. The van der Waals surface area contributed by atoms with Crippen molar-refractivity contribution in [3.63, 3.8) is 0 Å². The third kappa shape index (κ3) is 1.88. The maximum absolute atomic E-state index is 8.87. The molecule has 0 saturated carbocycles. The fraction of sp³-hybridized carbons (Fsp3) is 0.364. The maximum Gasteiger partial charge on any atom is 0.0995 e. The van der Waals surface area contributed by atoms with Gasteiger partial charge in [-0.3, -0.25) is 0 Å². The van der Waals surface area contributed by atoms with Crippen molar-refractivity contribution in [1.29, 1.82) is 5.26 Å². The Morgan fingerprint density at radius 1 is 1.31 bits per heavy atom. The van der Waals surface area contributed by atoms with E-state index in [0.717, 1.165) is 5.56 Å². The van der Waals surface area contributed by atoms with Crippen LogP contribution >= 0.6 is 0 Å². The van der Waals surface area contributed by atoms with Gasteiger partial charge in [-0.2, -0.15) is 5.26 Å². The summed E-state index contributed by atoms with van der Waals surface area (Å²) >= 11 is 0. The number of rotatable bonds is 2. The van der Waals surface area contributed by atoms with Crippen molar-refractivity contribution in [2.75, 3.05) is 7.11 Å². The van der Waals surface area contributed by atoms with Gasteiger partial charge in [0.25, 0.3) is 0 Å². The van der Waals surface area contributed by atoms with Gasteiger partial charge in [0.15, 0.2) is 0 Å². The first-order valence-corrected chi connectivity index (χ1v) is 4.16. The Labute approximate surface area is 78.8 Å². The summed E-state index contributed by atoms with van der Waals surface area (Å²) in [6.07, 6.45) is 0. The summed E-state index contributed by atoms with van der Waals surface area (Å²) in [5.41, 5.74) is 1.21. The van der Waals surface area contributed by atoms with E-state index in [2.05, 4.69) is 6.07 Å². The molecule has 1 rings (SSSR count). The van der Waals surface area contributed by atoms with E-state index in [1.54, 1.807) is 13.2 Å². The van der Waals surface area contributed by atoms with Gasteiger partial charge < -0.3 is 4.74 Å². The summed E-state index contributed by atoms with van der Waals surface area (Å²) in [5, 5.41) is 8.87. The molecule has 0 amide bonds. The highest BCUT2D eigenvalue weighted by atomic mass is 16.5. The summed E-state index contributed by atoms with van der Waals surface area (Å²) in [6, 6.07) is 9.64. The van der Waals surface area contributed by atoms with Gasteiger partial charge in [0.1, 0.15) is 0 Å². The molecule has 2 heteroatoms. The zero-order chi connectivity index (χ0) is 9.90. The minimum Gasteiger partial charge on any atom is -0.374 e. The van der Waals surface area contributed by atoms with Gasteiger partial charge in [0.05, 0.1) is 17.2 Å². The summed E-state index contributed by atoms with van der Waals surface area (Å²) in [6.45, 7) is 3.90. The molecule has 0 aliphatic rings. The van der Waals surface area contributed by atoms with Crippen LogP contribution in [0.4, 0.5) is 0 Å². The predicted molar refractivity (Wildman–Crippen MR) is 51.2 cm³/mol. The molecule has 0 atom stereocenters. The smallest absolute Gasteiger partial charge is 0.0995 e. The zero-order valence-electron chi connectivity index (χ0n) is 8.16. The average molecular weight is 175 g/mol. The molecule has 0 fully saturated rings. The second-order valence-electron chi connectivity index (χ2n) is 3.37. The van der Waals surface area contributed by atoms with Crippen molar-refractivity contribution >= 4 is 0 Å². The number of hydrogen-bond donors (Lipinski definition) is 0. The van der Waals surface area contributed by atoms with Gasteiger partial charge >= 0.3 is 0 Å². The molecular formula is C11H13NO. The number of methoxy groups -OCH3 is 1. The largest absolute Gasteiger partial charge is 0.374 e. The Morgan fingerprint density at radius 2 is 1.92 bits per heavy atom. The first-order chi connectivity index (χ1) is 6.11. The minimum absolute atomic E-state index is 0.397. The Morgan fingerprint density at radius 3 is 2.46 bits per heavy atom. The van der Waals surface area contributed by atoms with Crippen molar-refractivity contribution in [2.45, 2.75) is 19.4 Å². The topological polar surface area (TPSA) is 33.0 Å². The van der Waals surface area contributed by atoms with Crippen molar-refractivity contribution in [2.24, 2.45) is 0 Å². The van der Waals surface area contributed by atoms with Crippen molar-refractivity contribution in [3.05, 3.63) is 35.4 Å². The number of benzene rings is 1. The molecule has 0 aliphatic heterocycles. The van der Waals surface area contributed by atoms with E-state index >= 15 is 0 Å². The predicted octanol–water partition coefficient (Wildman–Crippen LogP) is 2.44. The van der Waals surface area contributed by atoms with Crippen LogP contribution in [0.5, 0.6) is 0 Å². The number of nitrogens with zero attached hydrogens (tertiary/aromatic N) is 1. The standard InChI is InChI=1S/C11H13NO/c1-11(2,13-3)10-7-5-4-6-9(10)8-12/h4-7H,1-3H3. The molecule has 2 nitrogen and oxygen atoms in total. The first-order valence-electron chi connectivity index (χ1n) is 4.16. The minimum atomic E-state index is -0.397. The molecule has 0 radical (unpaired) electrons. The van der Waals surface area contributed by atoms with E-state index < -0.39 is 5.60 Å². The molecule has 0 saturated heterocycles. The van der Waals surface area contributed by atoms with E-state index in [1.165, 1.54) is 0 Å². The average Bonchev–Trinajstić information content (AvgIpc) is 2.18. The third-order valence-corrected chi connectivity index (χ3v) is 2.21. The van der Waals surface area contributed by atoms with E-state index in [4.69, 9.17) is 10.00 Å². The fourth-order valence-corrected chi connectivity index (χ4v) is 1.22. The van der Waals surface area contributed by atoms with Crippen LogP contribution in [0.1, 0.15) is 25.0 Å². The summed E-state index contributed by atoms with van der Waals surface area (Å²) in [4.78, 5) is 0. The van der Waals surface area contributed by atoms with Crippen LogP contribution in [-0.2, 0) is 10.3 Å². The molecule has 0 N–H and O–H groups in total. The zero-order valence-corrected chi connectivity index (χ0v) is 8.16. The Kier molecular flexibility index (Phi) is 2.69. The molecule has 0 bridgehead atoms. The van der Waals surface area contributed by atoms with E-state index in [-0.39, 0.29) is 0 Å². The second kappa shape index (κ2) is 3.59. The molecule has 0 spiro atoms. The highest BCUT2D eigenvalue weighted by Crippen LogP contribution is 2.26. The van der Waals surface area contributed by atoms with Gasteiger partial charge in [-0.25, -0.2) is 0 Å². The lowest BCUT2D eigenvalue weighted by Crippen LogP contribution is -2.20. The van der Waals surface area contributed by atoms with Crippen LogP contribution < -0.4 is 0 Å². The quantitative estimate of drug-likeness (QED) is 0.691. The van der Waals surface area contributed by atoms with Gasteiger partial charge in [0, 0.05) is 12.7 Å². The Bertz CT molecular complexity index is 336. The maximum atomic E-state index is 8.87. The molecule has 13 heavy (non-hydrogen) atoms. The van der Waals surface area contributed by atoms with E-state index in [0.29, 0.717) is 5.56 Å². The van der Waals surface area contributed by atoms with E-state index in [1.807, 2.05) is 32.0 Å². The highest BCUT2D eigenvalue weighted by molar-refractivity contribution is 5.40. The SMILES string of the molecule is COC(C)(C)c1ccccc1C#N. The number of ether oxygens (including phenoxy) is 1. The van der Waals surface area contributed by atoms with Gasteiger partial charge in [-0.15, -0.1) is 0 Å². The van der Waals surface area contributed by atoms with Gasteiger partial charge in [-0.05, 0) is 19.9 Å². The summed E-state index contributed by atoms with van der Waals surface area (Å²) < 4.78 is 5.32. The van der Waals surface area contributed by atoms with Crippen molar-refractivity contribution in [3.8, 4) is 6.07 Å². The molecular weight excluding hydrogens is 162 g/mol. The van der Waals surface area contributed by atoms with Crippen LogP contribution in [0.3, 0.4) is 0 Å². The van der Waals surface area contributed by atoms with Crippen molar-refractivity contribution in [1.82, 2.24) is 0 Å². The molecule has 68 valence electrons. The summed E-state index contributed by atoms with van der Waals surface area (Å²) in [5.74, 6) is 0. The lowest BCUT2D eigenvalue weighted by atomic mass is 9.93. The third-order valence-electron chi connectivity index (χ3n) is 2.21. The van der Waals surface area contributed by atoms with Crippen molar-refractivity contribution < 1.29 is 4.74 Å². The van der Waals surface area contributed by atoms with Gasteiger partial charge in [0.2, 0.25) is 0 Å². The molecule has 1 aromatic carbocycles. The first kappa shape index (κ1) is 9.76. The summed E-state index contributed by atoms with van der Waals surface area (Å²) in [7, 11) is 1.65. The number of nitriles is 1. The molecule has 0 heterocycles. The number of hydrogen-bond acceptors (Lipinski definition) is 2. The highest BCUT2D eigenvalue weighted by Gasteiger charge is 2.22. The molecule has 0 unspecified atom stereocenters. The van der Waals surface area contributed by atoms with Crippen LogP contribution in [0.25, 0.3) is 0 Å². The monoisotopic (exact) mass is 175 g/mol. The van der Waals surface area contributed by atoms with Crippen LogP contribution in [0.2, 0.25) is 0 Å². The lowest BCUT2D eigenvalue weighted by Gasteiger charge is -2.24. The second-order valence-corrected chi connectivity index (χ2v) is 3.37. The van der Waals surface area contributed by atoms with Gasteiger partial charge in [-0.1, -0.05) is 18.2 Å². The lowest BCUT2D eigenvalue weighted by molar-refractivity contribution is 0.0190. The van der Waals surface area contributed by atoms with E-state index in [9.17, 15) is 0 Å².